The molecule has 1 aliphatic rings. The molecule has 0 saturated carbocycles. The Balaban J connectivity index is 2.07. The van der Waals surface area contributed by atoms with Crippen molar-refractivity contribution >= 4 is 26.1 Å². The molecule has 1 aromatic rings. The highest BCUT2D eigenvalue weighted by Crippen LogP contribution is 2.11. The summed E-state index contributed by atoms with van der Waals surface area (Å²) in [6, 6.07) is 7.89. The Labute approximate surface area is 85.5 Å². The van der Waals surface area contributed by atoms with Gasteiger partial charge in [0.2, 0.25) is 5.91 Å². The van der Waals surface area contributed by atoms with E-state index in [0.717, 1.165) is 24.0 Å². The topological polar surface area (TPSA) is 41.1 Å². The number of nitrogens with one attached hydrogen (secondary N) is 2. The van der Waals surface area contributed by atoms with Gasteiger partial charge in [0.25, 0.3) is 0 Å². The Hall–Kier alpha value is -1.08. The van der Waals surface area contributed by atoms with Gasteiger partial charge in [-0.25, -0.2) is 0 Å². The van der Waals surface area contributed by atoms with E-state index in [1.807, 2.05) is 24.3 Å². The third kappa shape index (κ3) is 2.05. The monoisotopic (exact) mass is 208 g/mol. The van der Waals surface area contributed by atoms with Gasteiger partial charge in [-0.3, -0.25) is 4.79 Å². The lowest BCUT2D eigenvalue weighted by Crippen LogP contribution is -2.29. The molecule has 74 valence electrons. The predicted octanol–water partition coefficient (Wildman–Crippen LogP) is 0.487. The van der Waals surface area contributed by atoms with Gasteiger partial charge in [-0.2, -0.15) is 0 Å². The summed E-state index contributed by atoms with van der Waals surface area (Å²) in [6.45, 7) is 0.775. The number of hydrogen-bond acceptors (Lipinski definition) is 2. The molecule has 4 heteroatoms. The maximum Gasteiger partial charge on any atom is 0.242 e. The van der Waals surface area contributed by atoms with Gasteiger partial charge >= 0.3 is 0 Å². The van der Waals surface area contributed by atoms with Gasteiger partial charge in [-0.15, -0.1) is 9.24 Å². The molecule has 2 unspecified atom stereocenters. The fraction of sp³-hybridized carbons (Fsp3) is 0.300. The number of anilines is 1. The lowest BCUT2D eigenvalue weighted by Gasteiger charge is -2.11. The standard InChI is InChI=1S/C10H13N2OP/c13-10-9(4-5-11-10)12-7-2-1-3-8(14)6-7/h1-3,6,9,12H,4-5,14H2,(H,11,13). The molecule has 2 rings (SSSR count). The van der Waals surface area contributed by atoms with E-state index in [1.165, 1.54) is 0 Å². The Kier molecular flexibility index (Phi) is 2.69. The molecule has 14 heavy (non-hydrogen) atoms. The van der Waals surface area contributed by atoms with E-state index in [1.54, 1.807) is 0 Å². The second kappa shape index (κ2) is 3.97. The van der Waals surface area contributed by atoms with Crippen LogP contribution in [0, 0.1) is 0 Å². The molecule has 2 atom stereocenters. The van der Waals surface area contributed by atoms with E-state index < -0.39 is 0 Å². The summed E-state index contributed by atoms with van der Waals surface area (Å²) in [7, 11) is 2.64. The van der Waals surface area contributed by atoms with Crippen molar-refractivity contribution in [1.82, 2.24) is 5.32 Å². The fourth-order valence-corrected chi connectivity index (χ4v) is 1.85. The first-order valence-corrected chi connectivity index (χ1v) is 5.23. The molecule has 3 nitrogen and oxygen atoms in total. The van der Waals surface area contributed by atoms with Crippen LogP contribution in [0.1, 0.15) is 6.42 Å². The van der Waals surface area contributed by atoms with Crippen LogP contribution < -0.4 is 15.9 Å². The highest BCUT2D eigenvalue weighted by molar-refractivity contribution is 7.27. The van der Waals surface area contributed by atoms with Gasteiger partial charge in [0.05, 0.1) is 0 Å². The number of benzene rings is 1. The van der Waals surface area contributed by atoms with Crippen molar-refractivity contribution in [2.24, 2.45) is 0 Å². The first-order chi connectivity index (χ1) is 6.75. The van der Waals surface area contributed by atoms with Crippen LogP contribution in [0.25, 0.3) is 0 Å². The quantitative estimate of drug-likeness (QED) is 0.694. The Morgan fingerprint density at radius 2 is 2.36 bits per heavy atom. The zero-order valence-electron chi connectivity index (χ0n) is 7.79. The normalized spacial score (nSPS) is 20.6. The highest BCUT2D eigenvalue weighted by atomic mass is 31.0. The van der Waals surface area contributed by atoms with E-state index in [-0.39, 0.29) is 11.9 Å². The van der Waals surface area contributed by atoms with Crippen LogP contribution in [0.15, 0.2) is 24.3 Å². The van der Waals surface area contributed by atoms with Gasteiger partial charge in [0.1, 0.15) is 6.04 Å². The van der Waals surface area contributed by atoms with Crippen molar-refractivity contribution in [1.29, 1.82) is 0 Å². The van der Waals surface area contributed by atoms with Crippen LogP contribution >= 0.6 is 9.24 Å². The van der Waals surface area contributed by atoms with Gasteiger partial charge < -0.3 is 10.6 Å². The van der Waals surface area contributed by atoms with Crippen molar-refractivity contribution in [2.45, 2.75) is 12.5 Å². The molecule has 1 amide bonds. The average Bonchev–Trinajstić information content (AvgIpc) is 2.52. The second-order valence-electron chi connectivity index (χ2n) is 3.40. The van der Waals surface area contributed by atoms with Crippen molar-refractivity contribution in [3.05, 3.63) is 24.3 Å². The molecule has 0 spiro atoms. The number of carbonyl (C=O) groups is 1. The molecular formula is C10H13N2OP. The summed E-state index contributed by atoms with van der Waals surface area (Å²) in [5, 5.41) is 7.12. The van der Waals surface area contributed by atoms with Gasteiger partial charge in [-0.1, -0.05) is 12.1 Å². The van der Waals surface area contributed by atoms with Crippen LogP contribution in [0.5, 0.6) is 0 Å². The molecule has 1 saturated heterocycles. The number of amides is 1. The van der Waals surface area contributed by atoms with Crippen molar-refractivity contribution in [2.75, 3.05) is 11.9 Å². The maximum atomic E-state index is 11.3. The van der Waals surface area contributed by atoms with Crippen LogP contribution in [-0.2, 0) is 4.79 Å². The SMILES string of the molecule is O=C1NCCC1Nc1cccc(P)c1. The molecule has 1 fully saturated rings. The largest absolute Gasteiger partial charge is 0.374 e. The van der Waals surface area contributed by atoms with Crippen LogP contribution in [0.2, 0.25) is 0 Å². The first-order valence-electron chi connectivity index (χ1n) is 4.65. The summed E-state index contributed by atoms with van der Waals surface area (Å²) in [6.07, 6.45) is 0.861. The molecular weight excluding hydrogens is 195 g/mol. The third-order valence-corrected chi connectivity index (χ3v) is 2.64. The number of carbonyl (C=O) groups excluding carboxylic acids is 1. The van der Waals surface area contributed by atoms with Crippen LogP contribution in [0.4, 0.5) is 5.69 Å². The third-order valence-electron chi connectivity index (χ3n) is 2.28. The summed E-state index contributed by atoms with van der Waals surface area (Å²) in [5.74, 6) is 0.0964. The van der Waals surface area contributed by atoms with Gasteiger partial charge in [-0.05, 0) is 23.9 Å². The zero-order chi connectivity index (χ0) is 9.97. The van der Waals surface area contributed by atoms with E-state index in [2.05, 4.69) is 19.9 Å². The maximum absolute atomic E-state index is 11.3. The summed E-state index contributed by atoms with van der Waals surface area (Å²) in [4.78, 5) is 11.3. The minimum Gasteiger partial charge on any atom is -0.374 e. The van der Waals surface area contributed by atoms with Gasteiger partial charge in [0, 0.05) is 12.2 Å². The predicted molar refractivity (Wildman–Crippen MR) is 60.8 cm³/mol. The molecule has 0 aliphatic carbocycles. The van der Waals surface area contributed by atoms with Crippen molar-refractivity contribution < 1.29 is 4.79 Å². The molecule has 0 radical (unpaired) electrons. The van der Waals surface area contributed by atoms with Crippen molar-refractivity contribution in [3.63, 3.8) is 0 Å². The first kappa shape index (κ1) is 9.47. The number of rotatable bonds is 2. The minimum absolute atomic E-state index is 0.0678. The highest BCUT2D eigenvalue weighted by Gasteiger charge is 2.23. The molecule has 2 N–H and O–H groups in total. The minimum atomic E-state index is -0.0678. The second-order valence-corrected chi connectivity index (χ2v) is 4.07. The average molecular weight is 208 g/mol. The Bertz CT molecular complexity index is 354. The molecule has 1 aromatic carbocycles. The summed E-state index contributed by atoms with van der Waals surface area (Å²) in [5.41, 5.74) is 1.000. The number of hydrogen-bond donors (Lipinski definition) is 2. The summed E-state index contributed by atoms with van der Waals surface area (Å²) >= 11 is 0. The van der Waals surface area contributed by atoms with E-state index in [9.17, 15) is 4.79 Å². The lowest BCUT2D eigenvalue weighted by molar-refractivity contribution is -0.119. The molecule has 0 aromatic heterocycles. The molecule has 1 heterocycles. The van der Waals surface area contributed by atoms with E-state index in [0.29, 0.717) is 0 Å². The summed E-state index contributed by atoms with van der Waals surface area (Å²) < 4.78 is 0. The van der Waals surface area contributed by atoms with Crippen molar-refractivity contribution in [3.8, 4) is 0 Å². The fourth-order valence-electron chi connectivity index (χ4n) is 1.56. The van der Waals surface area contributed by atoms with E-state index >= 15 is 0 Å². The molecule has 0 bridgehead atoms. The van der Waals surface area contributed by atoms with Gasteiger partial charge in [0.15, 0.2) is 0 Å². The van der Waals surface area contributed by atoms with E-state index in [4.69, 9.17) is 0 Å². The molecule has 1 aliphatic heterocycles. The Morgan fingerprint density at radius 1 is 1.50 bits per heavy atom. The Morgan fingerprint density at radius 3 is 3.00 bits per heavy atom. The lowest BCUT2D eigenvalue weighted by atomic mass is 10.2. The van der Waals surface area contributed by atoms with Crippen LogP contribution in [-0.4, -0.2) is 18.5 Å². The van der Waals surface area contributed by atoms with Crippen LogP contribution in [0.3, 0.4) is 0 Å². The zero-order valence-corrected chi connectivity index (χ0v) is 8.94. The smallest absolute Gasteiger partial charge is 0.242 e.